The number of aromatic nitrogens is 2. The van der Waals surface area contributed by atoms with E-state index >= 15 is 0 Å². The lowest BCUT2D eigenvalue weighted by Gasteiger charge is -2.28. The van der Waals surface area contributed by atoms with Gasteiger partial charge in [0.1, 0.15) is 5.82 Å². The third-order valence-electron chi connectivity index (χ3n) is 4.10. The van der Waals surface area contributed by atoms with E-state index in [2.05, 4.69) is 9.97 Å². The summed E-state index contributed by atoms with van der Waals surface area (Å²) in [6, 6.07) is 3.25. The molecule has 0 atom stereocenters. The van der Waals surface area contributed by atoms with E-state index in [0.29, 0.717) is 29.4 Å². The molecular formula is C16H15F4N3OS. The van der Waals surface area contributed by atoms with Crippen molar-refractivity contribution in [3.05, 3.63) is 56.8 Å². The number of nitrogens with zero attached hydrogens (tertiary/aromatic N) is 2. The highest BCUT2D eigenvalue weighted by atomic mass is 32.2. The molecule has 2 aromatic rings. The predicted molar refractivity (Wildman–Crippen MR) is 85.9 cm³/mol. The van der Waals surface area contributed by atoms with Gasteiger partial charge in [0.25, 0.3) is 5.56 Å². The Morgan fingerprint density at radius 3 is 2.80 bits per heavy atom. The van der Waals surface area contributed by atoms with Gasteiger partial charge in [-0.15, -0.1) is 0 Å². The van der Waals surface area contributed by atoms with Crippen molar-refractivity contribution in [2.45, 2.75) is 30.8 Å². The first-order chi connectivity index (χ1) is 11.8. The minimum absolute atomic E-state index is 0.00108. The van der Waals surface area contributed by atoms with Crippen LogP contribution in [0.15, 0.2) is 28.2 Å². The lowest BCUT2D eigenvalue weighted by molar-refractivity contribution is -0.140. The maximum absolute atomic E-state index is 14.2. The highest BCUT2D eigenvalue weighted by molar-refractivity contribution is 7.98. The number of H-pyrrole nitrogens is 1. The number of rotatable bonds is 3. The molecule has 9 heteroatoms. The molecule has 1 aliphatic heterocycles. The fraction of sp³-hybridized carbons (Fsp3) is 0.375. The molecule has 0 aliphatic carbocycles. The Labute approximate surface area is 145 Å². The molecule has 0 saturated carbocycles. The summed E-state index contributed by atoms with van der Waals surface area (Å²) in [5, 5.41) is 0.529. The zero-order valence-electron chi connectivity index (χ0n) is 13.3. The van der Waals surface area contributed by atoms with Crippen molar-refractivity contribution in [1.82, 2.24) is 14.9 Å². The Hall–Kier alpha value is -1.87. The van der Waals surface area contributed by atoms with Crippen molar-refractivity contribution < 1.29 is 17.6 Å². The van der Waals surface area contributed by atoms with Gasteiger partial charge in [-0.05, 0) is 12.3 Å². The first-order valence-corrected chi connectivity index (χ1v) is 8.75. The summed E-state index contributed by atoms with van der Waals surface area (Å²) in [5.74, 6) is -1.26. The molecule has 1 aromatic carbocycles. The van der Waals surface area contributed by atoms with Crippen LogP contribution < -0.4 is 5.56 Å². The molecule has 0 saturated heterocycles. The van der Waals surface area contributed by atoms with Gasteiger partial charge in [0.05, 0.1) is 16.8 Å². The van der Waals surface area contributed by atoms with E-state index in [9.17, 15) is 22.4 Å². The highest BCUT2D eigenvalue weighted by Crippen LogP contribution is 2.33. The van der Waals surface area contributed by atoms with Crippen LogP contribution in [0, 0.1) is 5.82 Å². The number of fused-ring (bicyclic) bond motifs is 1. The molecule has 4 nitrogen and oxygen atoms in total. The smallest absolute Gasteiger partial charge is 0.301 e. The average molecular weight is 373 g/mol. The molecule has 25 heavy (non-hydrogen) atoms. The van der Waals surface area contributed by atoms with Gasteiger partial charge in [-0.2, -0.15) is 13.2 Å². The Kier molecular flexibility index (Phi) is 4.88. The molecule has 2 heterocycles. The van der Waals surface area contributed by atoms with Gasteiger partial charge in [-0.25, -0.2) is 9.37 Å². The van der Waals surface area contributed by atoms with Crippen molar-refractivity contribution in [2.75, 3.05) is 12.8 Å². The quantitative estimate of drug-likeness (QED) is 0.510. The van der Waals surface area contributed by atoms with Crippen LogP contribution in [0.2, 0.25) is 0 Å². The molecular weight excluding hydrogens is 358 g/mol. The van der Waals surface area contributed by atoms with Crippen molar-refractivity contribution in [3.63, 3.8) is 0 Å². The van der Waals surface area contributed by atoms with Crippen LogP contribution >= 0.6 is 11.8 Å². The van der Waals surface area contributed by atoms with E-state index in [-0.39, 0.29) is 24.2 Å². The monoisotopic (exact) mass is 373 g/mol. The van der Waals surface area contributed by atoms with Crippen LogP contribution in [-0.2, 0) is 25.7 Å². The number of nitrogens with one attached hydrogen (secondary N) is 1. The largest absolute Gasteiger partial charge is 0.419 e. The first kappa shape index (κ1) is 17.9. The van der Waals surface area contributed by atoms with E-state index in [1.54, 1.807) is 11.2 Å². The molecule has 0 amide bonds. The number of aromatic amines is 1. The van der Waals surface area contributed by atoms with E-state index in [1.165, 1.54) is 23.9 Å². The predicted octanol–water partition coefficient (Wildman–Crippen LogP) is 3.21. The summed E-state index contributed by atoms with van der Waals surface area (Å²) < 4.78 is 52.6. The molecule has 0 unspecified atom stereocenters. The molecule has 0 spiro atoms. The Bertz CT molecular complexity index is 850. The Morgan fingerprint density at radius 1 is 1.36 bits per heavy atom. The maximum Gasteiger partial charge on any atom is 0.419 e. The van der Waals surface area contributed by atoms with Gasteiger partial charge < -0.3 is 4.98 Å². The molecule has 0 bridgehead atoms. The van der Waals surface area contributed by atoms with Crippen molar-refractivity contribution in [3.8, 4) is 0 Å². The van der Waals surface area contributed by atoms with Crippen molar-refractivity contribution in [1.29, 1.82) is 0 Å². The summed E-state index contributed by atoms with van der Waals surface area (Å²) in [6.07, 6.45) is -2.44. The maximum atomic E-state index is 14.2. The van der Waals surface area contributed by atoms with Gasteiger partial charge in [-0.1, -0.05) is 23.9 Å². The molecule has 1 aromatic heterocycles. The zero-order valence-corrected chi connectivity index (χ0v) is 14.1. The van der Waals surface area contributed by atoms with E-state index in [4.69, 9.17) is 0 Å². The summed E-state index contributed by atoms with van der Waals surface area (Å²) in [4.78, 5) is 20.9. The van der Waals surface area contributed by atoms with E-state index in [0.717, 1.165) is 6.07 Å². The standard InChI is InChI=1S/C16H15F4N3OS/c1-25-15-21-12-5-6-23(8-10(12)14(24)22-15)7-9-3-2-4-11(13(9)17)16(18,19)20/h2-4H,5-8H2,1H3,(H,21,22,24). The topological polar surface area (TPSA) is 49.0 Å². The fourth-order valence-electron chi connectivity index (χ4n) is 2.85. The van der Waals surface area contributed by atoms with Crippen LogP contribution in [0.3, 0.4) is 0 Å². The molecule has 0 fully saturated rings. The molecule has 1 aliphatic rings. The lowest BCUT2D eigenvalue weighted by atomic mass is 10.0. The fourth-order valence-corrected chi connectivity index (χ4v) is 3.25. The number of benzene rings is 1. The van der Waals surface area contributed by atoms with Gasteiger partial charge in [-0.3, -0.25) is 9.69 Å². The van der Waals surface area contributed by atoms with E-state index in [1.807, 2.05) is 0 Å². The normalized spacial score (nSPS) is 15.2. The van der Waals surface area contributed by atoms with Crippen LogP contribution in [-0.4, -0.2) is 27.7 Å². The number of hydrogen-bond donors (Lipinski definition) is 1. The van der Waals surface area contributed by atoms with E-state index < -0.39 is 17.6 Å². The molecule has 0 radical (unpaired) electrons. The van der Waals surface area contributed by atoms with Crippen LogP contribution in [0.4, 0.5) is 17.6 Å². The molecule has 3 rings (SSSR count). The summed E-state index contributed by atoms with van der Waals surface area (Å²) in [7, 11) is 0. The molecule has 1 N–H and O–H groups in total. The number of thioether (sulfide) groups is 1. The second-order valence-electron chi connectivity index (χ2n) is 5.74. The van der Waals surface area contributed by atoms with Gasteiger partial charge in [0.2, 0.25) is 0 Å². The second kappa shape index (κ2) is 6.80. The Morgan fingerprint density at radius 2 is 2.12 bits per heavy atom. The Balaban J connectivity index is 1.84. The van der Waals surface area contributed by atoms with Crippen molar-refractivity contribution in [2.24, 2.45) is 0 Å². The lowest BCUT2D eigenvalue weighted by Crippen LogP contribution is -2.35. The van der Waals surface area contributed by atoms with Gasteiger partial charge >= 0.3 is 6.18 Å². The number of halogens is 4. The third kappa shape index (κ3) is 3.72. The molecule has 134 valence electrons. The summed E-state index contributed by atoms with van der Waals surface area (Å²) in [6.45, 7) is 0.716. The van der Waals surface area contributed by atoms with Crippen LogP contribution in [0.25, 0.3) is 0 Å². The van der Waals surface area contributed by atoms with Gasteiger partial charge in [0.15, 0.2) is 5.16 Å². The third-order valence-corrected chi connectivity index (χ3v) is 4.68. The SMILES string of the molecule is CSc1nc2c(c(=O)[nH]1)CN(Cc1cccc(C(F)(F)F)c1F)CC2. The van der Waals surface area contributed by atoms with Crippen LogP contribution in [0.1, 0.15) is 22.4 Å². The number of alkyl halides is 3. The summed E-state index contributed by atoms with van der Waals surface area (Å²) in [5.41, 5.74) is -0.399. The minimum atomic E-state index is -4.73. The summed E-state index contributed by atoms with van der Waals surface area (Å²) >= 11 is 1.33. The highest BCUT2D eigenvalue weighted by Gasteiger charge is 2.35. The first-order valence-electron chi connectivity index (χ1n) is 7.52. The average Bonchev–Trinajstić information content (AvgIpc) is 2.56. The second-order valence-corrected chi connectivity index (χ2v) is 6.53. The number of hydrogen-bond acceptors (Lipinski definition) is 4. The van der Waals surface area contributed by atoms with Crippen molar-refractivity contribution >= 4 is 11.8 Å². The zero-order chi connectivity index (χ0) is 18.2. The van der Waals surface area contributed by atoms with Gasteiger partial charge in [0, 0.05) is 31.6 Å². The minimum Gasteiger partial charge on any atom is -0.301 e. The van der Waals surface area contributed by atoms with Crippen LogP contribution in [0.5, 0.6) is 0 Å².